The lowest BCUT2D eigenvalue weighted by molar-refractivity contribution is -0.132. The van der Waals surface area contributed by atoms with E-state index in [1.54, 1.807) is 6.07 Å². The number of benzene rings is 1. The fourth-order valence-corrected chi connectivity index (χ4v) is 5.99. The minimum Gasteiger partial charge on any atom is -0.506 e. The van der Waals surface area contributed by atoms with Crippen LogP contribution in [-0.2, 0) is 11.2 Å². The van der Waals surface area contributed by atoms with E-state index in [9.17, 15) is 14.3 Å². The third-order valence-corrected chi connectivity index (χ3v) is 7.37. The van der Waals surface area contributed by atoms with E-state index in [0.29, 0.717) is 5.02 Å². The molecular weight excluding hydrogens is 315 g/mol. The van der Waals surface area contributed by atoms with Crippen LogP contribution in [0.15, 0.2) is 17.7 Å². The van der Waals surface area contributed by atoms with E-state index in [0.717, 1.165) is 43.2 Å². The molecular formula is C19H18ClFO2. The molecule has 0 unspecified atom stereocenters. The number of alkyl halides is 1. The van der Waals surface area contributed by atoms with Crippen molar-refractivity contribution in [2.24, 2.45) is 16.7 Å². The maximum atomic E-state index is 14.4. The van der Waals surface area contributed by atoms with E-state index in [2.05, 4.69) is 0 Å². The predicted molar refractivity (Wildman–Crippen MR) is 86.1 cm³/mol. The maximum absolute atomic E-state index is 14.4. The number of hydrogen-bond acceptors (Lipinski definition) is 2. The normalized spacial score (nSPS) is 40.4. The van der Waals surface area contributed by atoms with Gasteiger partial charge in [-0.25, -0.2) is 4.39 Å². The van der Waals surface area contributed by atoms with E-state index in [1.165, 1.54) is 11.1 Å². The van der Waals surface area contributed by atoms with Gasteiger partial charge in [-0.15, -0.1) is 0 Å². The van der Waals surface area contributed by atoms with Crippen LogP contribution in [0.3, 0.4) is 0 Å². The molecule has 0 heterocycles. The summed E-state index contributed by atoms with van der Waals surface area (Å²) < 4.78 is 14.4. The van der Waals surface area contributed by atoms with Gasteiger partial charge in [0.15, 0.2) is 12.0 Å². The van der Waals surface area contributed by atoms with Crippen LogP contribution in [0.4, 0.5) is 4.39 Å². The van der Waals surface area contributed by atoms with Crippen LogP contribution < -0.4 is 0 Å². The summed E-state index contributed by atoms with van der Waals surface area (Å²) in [5, 5.41) is 10.2. The first kappa shape index (κ1) is 14.0. The van der Waals surface area contributed by atoms with E-state index in [1.807, 2.05) is 13.0 Å². The Morgan fingerprint density at radius 2 is 2.09 bits per heavy atom. The van der Waals surface area contributed by atoms with Crippen molar-refractivity contribution in [3.8, 4) is 5.75 Å². The number of ketones is 1. The van der Waals surface area contributed by atoms with Crippen LogP contribution in [0, 0.1) is 16.7 Å². The van der Waals surface area contributed by atoms with Crippen molar-refractivity contribution in [1.82, 2.24) is 0 Å². The zero-order valence-corrected chi connectivity index (χ0v) is 13.7. The van der Waals surface area contributed by atoms with Gasteiger partial charge in [-0.3, -0.25) is 4.79 Å². The van der Waals surface area contributed by atoms with Gasteiger partial charge in [-0.1, -0.05) is 24.1 Å². The lowest BCUT2D eigenvalue weighted by Crippen LogP contribution is -2.40. The van der Waals surface area contributed by atoms with Gasteiger partial charge in [-0.05, 0) is 60.9 Å². The second-order valence-corrected chi connectivity index (χ2v) is 8.21. The smallest absolute Gasteiger partial charge is 0.173 e. The molecule has 0 saturated heterocycles. The van der Waals surface area contributed by atoms with Crippen molar-refractivity contribution < 1.29 is 14.3 Å². The number of aryl methyl sites for hydroxylation is 1. The monoisotopic (exact) mass is 332 g/mol. The molecule has 1 spiro atoms. The summed E-state index contributed by atoms with van der Waals surface area (Å²) in [6.07, 6.45) is 2.75. The fraction of sp³-hybridized carbons (Fsp3) is 0.526. The summed E-state index contributed by atoms with van der Waals surface area (Å²) in [4.78, 5) is 12.5. The number of rotatable bonds is 0. The number of hydrogen-bond donors (Lipinski definition) is 1. The predicted octanol–water partition coefficient (Wildman–Crippen LogP) is 4.47. The van der Waals surface area contributed by atoms with Crippen molar-refractivity contribution in [3.05, 3.63) is 33.9 Å². The molecule has 4 aliphatic carbocycles. The third-order valence-electron chi connectivity index (χ3n) is 7.07. The number of Topliss-reactive ketones (excluding diaryl/α,β-unsaturated/α-hetero) is 1. The Labute approximate surface area is 139 Å². The first-order valence-corrected chi connectivity index (χ1v) is 8.70. The van der Waals surface area contributed by atoms with Gasteiger partial charge in [0.2, 0.25) is 0 Å². The number of halogens is 2. The van der Waals surface area contributed by atoms with Crippen LogP contribution >= 0.6 is 11.6 Å². The van der Waals surface area contributed by atoms with Crippen molar-refractivity contribution >= 4 is 23.0 Å². The van der Waals surface area contributed by atoms with Crippen molar-refractivity contribution in [2.75, 3.05) is 0 Å². The summed E-state index contributed by atoms with van der Waals surface area (Å²) in [7, 11) is 0. The molecule has 2 saturated carbocycles. The molecule has 4 atom stereocenters. The van der Waals surface area contributed by atoms with Crippen molar-refractivity contribution in [1.29, 1.82) is 0 Å². The number of fused-ring (bicyclic) bond motifs is 2. The molecule has 4 aliphatic rings. The molecule has 120 valence electrons. The van der Waals surface area contributed by atoms with E-state index >= 15 is 0 Å². The van der Waals surface area contributed by atoms with Gasteiger partial charge in [0.1, 0.15) is 5.75 Å². The van der Waals surface area contributed by atoms with E-state index in [4.69, 9.17) is 11.6 Å². The number of phenols is 1. The Balaban J connectivity index is 1.72. The summed E-state index contributed by atoms with van der Waals surface area (Å²) >= 11 is 6.12. The van der Waals surface area contributed by atoms with Crippen LogP contribution in [0.5, 0.6) is 5.75 Å². The Kier molecular flexibility index (Phi) is 2.44. The Hall–Kier alpha value is -1.35. The average Bonchev–Trinajstić information content (AvgIpc) is 3.24. The van der Waals surface area contributed by atoms with E-state index < -0.39 is 11.6 Å². The molecule has 0 amide bonds. The highest BCUT2D eigenvalue weighted by atomic mass is 35.5. The molecule has 0 bridgehead atoms. The topological polar surface area (TPSA) is 37.3 Å². The van der Waals surface area contributed by atoms with Gasteiger partial charge in [0.25, 0.3) is 0 Å². The number of allylic oxidation sites excluding steroid dienone is 2. The molecule has 2 fully saturated rings. The summed E-state index contributed by atoms with van der Waals surface area (Å²) in [5.74, 6) is -0.160. The molecule has 0 aliphatic heterocycles. The maximum Gasteiger partial charge on any atom is 0.173 e. The largest absolute Gasteiger partial charge is 0.506 e. The lowest BCUT2D eigenvalue weighted by Gasteiger charge is -2.43. The Morgan fingerprint density at radius 3 is 2.87 bits per heavy atom. The molecule has 1 aromatic carbocycles. The van der Waals surface area contributed by atoms with Gasteiger partial charge >= 0.3 is 0 Å². The van der Waals surface area contributed by atoms with Crippen LogP contribution in [0.2, 0.25) is 5.02 Å². The van der Waals surface area contributed by atoms with Gasteiger partial charge in [0.05, 0.1) is 5.02 Å². The highest BCUT2D eigenvalue weighted by molar-refractivity contribution is 6.32. The quantitative estimate of drug-likeness (QED) is 0.761. The summed E-state index contributed by atoms with van der Waals surface area (Å²) in [6.45, 7) is 1.98. The third kappa shape index (κ3) is 1.40. The highest BCUT2D eigenvalue weighted by Gasteiger charge is 2.79. The number of phenolic OH excluding ortho intramolecular Hbond substituents is 1. The van der Waals surface area contributed by atoms with Crippen molar-refractivity contribution in [2.45, 2.75) is 45.2 Å². The molecule has 2 nitrogen and oxygen atoms in total. The lowest BCUT2D eigenvalue weighted by atomic mass is 9.59. The number of carbonyl (C=O) groups is 1. The van der Waals surface area contributed by atoms with E-state index in [-0.39, 0.29) is 22.9 Å². The van der Waals surface area contributed by atoms with Crippen molar-refractivity contribution in [3.63, 3.8) is 0 Å². The number of aromatic hydroxyl groups is 1. The molecule has 0 radical (unpaired) electrons. The van der Waals surface area contributed by atoms with Gasteiger partial charge < -0.3 is 5.11 Å². The summed E-state index contributed by atoms with van der Waals surface area (Å²) in [5.41, 5.74) is 4.02. The molecule has 23 heavy (non-hydrogen) atoms. The Bertz CT molecular complexity index is 814. The standard InChI is InChI=1S/C19H18ClFO2/c1-18-5-4-10-11-7-14(20)15(22)6-9(11)2-3-12(10)19(18)8-13(19)16(21)17(18)23/h6-7,13,16,22H,2-5,8H2,1H3/t13-,16-,18+,19+/m0/s1. The van der Waals surface area contributed by atoms with Crippen LogP contribution in [0.1, 0.15) is 43.7 Å². The second-order valence-electron chi connectivity index (χ2n) is 7.80. The number of carbonyl (C=O) groups excluding carboxylic acids is 1. The zero-order valence-electron chi connectivity index (χ0n) is 13.0. The summed E-state index contributed by atoms with van der Waals surface area (Å²) in [6, 6.07) is 3.61. The SMILES string of the molecule is C[C@]12CCC3=C(CCc4cc(O)c(Cl)cc43)[C@@]13C[C@H]3[C@H](F)C2=O. The first-order valence-electron chi connectivity index (χ1n) is 8.33. The molecule has 4 heteroatoms. The zero-order chi connectivity index (χ0) is 16.1. The Morgan fingerprint density at radius 1 is 1.30 bits per heavy atom. The van der Waals surface area contributed by atoms with Crippen LogP contribution in [-0.4, -0.2) is 17.1 Å². The molecule has 5 rings (SSSR count). The minimum absolute atomic E-state index is 0.112. The fourth-order valence-electron chi connectivity index (χ4n) is 5.83. The molecule has 1 N–H and O–H groups in total. The minimum atomic E-state index is -1.28. The molecule has 1 aromatic rings. The van der Waals surface area contributed by atoms with Crippen LogP contribution in [0.25, 0.3) is 5.57 Å². The van der Waals surface area contributed by atoms with Gasteiger partial charge in [0, 0.05) is 16.7 Å². The first-order chi connectivity index (χ1) is 10.9. The average molecular weight is 333 g/mol. The highest BCUT2D eigenvalue weighted by Crippen LogP contribution is 2.79. The second kappa shape index (κ2) is 4.00. The van der Waals surface area contributed by atoms with Gasteiger partial charge in [-0.2, -0.15) is 0 Å². The molecule has 0 aromatic heterocycles.